The molecular weight excluding hydrogens is 645 g/mol. The van der Waals surface area contributed by atoms with Gasteiger partial charge in [-0.05, 0) is 42.5 Å². The Hall–Kier alpha value is -6.63. The highest BCUT2D eigenvalue weighted by atomic mass is 32.1. The lowest BCUT2D eigenvalue weighted by Crippen LogP contribution is -2.00. The van der Waals surface area contributed by atoms with E-state index in [0.717, 1.165) is 44.3 Å². The van der Waals surface area contributed by atoms with E-state index in [1.165, 1.54) is 42.0 Å². The zero-order chi connectivity index (χ0) is 33.5. The second-order valence-corrected chi connectivity index (χ2v) is 13.8. The van der Waals surface area contributed by atoms with Crippen molar-refractivity contribution in [3.05, 3.63) is 158 Å². The molecule has 0 saturated heterocycles. The van der Waals surface area contributed by atoms with Gasteiger partial charge in [0.05, 0.1) is 16.6 Å². The third-order valence-corrected chi connectivity index (χ3v) is 11.0. The van der Waals surface area contributed by atoms with Gasteiger partial charge in [-0.25, -0.2) is 15.0 Å². The Balaban J connectivity index is 1.12. The number of hydrogen-bond donors (Lipinski definition) is 0. The molecule has 0 unspecified atom stereocenters. The summed E-state index contributed by atoms with van der Waals surface area (Å²) >= 11 is 1.82. The third-order valence-electron chi connectivity index (χ3n) is 9.86. The number of fused-ring (bicyclic) bond motifs is 10. The Morgan fingerprint density at radius 3 is 1.75 bits per heavy atom. The molecule has 0 bridgehead atoms. The molecule has 0 aliphatic carbocycles. The molecule has 0 aliphatic heterocycles. The van der Waals surface area contributed by atoms with E-state index in [9.17, 15) is 0 Å². The lowest BCUT2D eigenvalue weighted by molar-refractivity contribution is 0.670. The van der Waals surface area contributed by atoms with Crippen molar-refractivity contribution >= 4 is 75.3 Å². The van der Waals surface area contributed by atoms with E-state index in [1.54, 1.807) is 0 Å². The molecule has 11 rings (SSSR count). The van der Waals surface area contributed by atoms with Gasteiger partial charge < -0.3 is 8.98 Å². The molecule has 0 atom stereocenters. The van der Waals surface area contributed by atoms with Crippen LogP contribution in [0.2, 0.25) is 0 Å². The monoisotopic (exact) mass is 670 g/mol. The van der Waals surface area contributed by atoms with Crippen molar-refractivity contribution < 1.29 is 4.42 Å². The van der Waals surface area contributed by atoms with Crippen molar-refractivity contribution in [2.75, 3.05) is 0 Å². The minimum atomic E-state index is 0.579. The molecule has 11 aromatic rings. The molecule has 51 heavy (non-hydrogen) atoms. The first-order valence-electron chi connectivity index (χ1n) is 16.9. The molecule has 4 aromatic heterocycles. The molecule has 5 nitrogen and oxygen atoms in total. The highest BCUT2D eigenvalue weighted by Crippen LogP contribution is 2.45. The average molecular weight is 671 g/mol. The molecule has 0 saturated carbocycles. The lowest BCUT2D eigenvalue weighted by atomic mass is 10.1. The Labute approximate surface area is 295 Å². The van der Waals surface area contributed by atoms with Crippen LogP contribution in [-0.2, 0) is 0 Å². The standard InChI is InChI=1S/C45H26N4OS/c1-3-12-27(13-4-1)43-46-44(28-14-5-2-6-15-28)48-45(47-43)35-19-11-18-34-40-38(50-41(34)35)25-24-33-32-23-22-29(26-39(32)51-42(33)40)49-36-20-9-7-16-30(36)31-17-8-10-21-37(31)49/h1-26H. The molecule has 7 aromatic carbocycles. The number of aromatic nitrogens is 4. The van der Waals surface area contributed by atoms with Crippen LogP contribution >= 0.6 is 11.3 Å². The maximum Gasteiger partial charge on any atom is 0.167 e. The number of thiophene rings is 1. The summed E-state index contributed by atoms with van der Waals surface area (Å²) in [5, 5.41) is 7.15. The van der Waals surface area contributed by atoms with Crippen molar-refractivity contribution in [1.82, 2.24) is 19.5 Å². The SMILES string of the molecule is c1ccc(-c2nc(-c3ccccc3)nc(-c3cccc4c3oc3ccc5c6ccc(-n7c8ccccc8c8ccccc87)cc6sc5c34)n2)cc1. The normalized spacial score (nSPS) is 11.9. The molecule has 0 fully saturated rings. The number of rotatable bonds is 4. The average Bonchev–Trinajstić information content (AvgIpc) is 3.87. The minimum absolute atomic E-state index is 0.579. The van der Waals surface area contributed by atoms with Crippen LogP contribution in [-0.4, -0.2) is 19.5 Å². The van der Waals surface area contributed by atoms with Crippen LogP contribution in [0.4, 0.5) is 0 Å². The van der Waals surface area contributed by atoms with Crippen LogP contribution in [0.5, 0.6) is 0 Å². The van der Waals surface area contributed by atoms with E-state index in [-0.39, 0.29) is 0 Å². The van der Waals surface area contributed by atoms with E-state index < -0.39 is 0 Å². The van der Waals surface area contributed by atoms with Crippen molar-refractivity contribution in [3.8, 4) is 39.9 Å². The lowest BCUT2D eigenvalue weighted by Gasteiger charge is -2.08. The largest absolute Gasteiger partial charge is 0.455 e. The van der Waals surface area contributed by atoms with Crippen LogP contribution in [0.15, 0.2) is 162 Å². The van der Waals surface area contributed by atoms with Gasteiger partial charge in [0.25, 0.3) is 0 Å². The fourth-order valence-corrected chi connectivity index (χ4v) is 8.84. The predicted molar refractivity (Wildman–Crippen MR) is 211 cm³/mol. The molecule has 4 heterocycles. The van der Waals surface area contributed by atoms with Crippen LogP contribution in [0.3, 0.4) is 0 Å². The summed E-state index contributed by atoms with van der Waals surface area (Å²) in [4.78, 5) is 14.9. The Morgan fingerprint density at radius 1 is 0.471 bits per heavy atom. The first-order chi connectivity index (χ1) is 25.3. The zero-order valence-electron chi connectivity index (χ0n) is 27.1. The summed E-state index contributed by atoms with van der Waals surface area (Å²) in [5.41, 5.74) is 7.89. The fraction of sp³-hybridized carbons (Fsp3) is 0. The van der Waals surface area contributed by atoms with Gasteiger partial charge in [-0.2, -0.15) is 0 Å². The number of hydrogen-bond acceptors (Lipinski definition) is 5. The summed E-state index contributed by atoms with van der Waals surface area (Å²) in [5.74, 6) is 1.83. The van der Waals surface area contributed by atoms with E-state index in [1.807, 2.05) is 78.1 Å². The minimum Gasteiger partial charge on any atom is -0.455 e. The quantitative estimate of drug-likeness (QED) is 0.187. The van der Waals surface area contributed by atoms with Gasteiger partial charge in [0, 0.05) is 58.5 Å². The summed E-state index contributed by atoms with van der Waals surface area (Å²) in [7, 11) is 0. The highest BCUT2D eigenvalue weighted by molar-refractivity contribution is 7.26. The van der Waals surface area contributed by atoms with E-state index in [4.69, 9.17) is 19.4 Å². The first-order valence-corrected chi connectivity index (χ1v) is 17.8. The molecule has 238 valence electrons. The number of nitrogens with zero attached hydrogens (tertiary/aromatic N) is 4. The van der Waals surface area contributed by atoms with Gasteiger partial charge in [0.1, 0.15) is 11.2 Å². The maximum absolute atomic E-state index is 6.71. The van der Waals surface area contributed by atoms with Crippen molar-refractivity contribution in [3.63, 3.8) is 0 Å². The van der Waals surface area contributed by atoms with Gasteiger partial charge >= 0.3 is 0 Å². The summed E-state index contributed by atoms with van der Waals surface area (Å²) < 4.78 is 11.5. The predicted octanol–water partition coefficient (Wildman–Crippen LogP) is 12.2. The number of para-hydroxylation sites is 3. The van der Waals surface area contributed by atoms with Gasteiger partial charge in [0.15, 0.2) is 17.5 Å². The Morgan fingerprint density at radius 2 is 1.06 bits per heavy atom. The molecule has 0 radical (unpaired) electrons. The van der Waals surface area contributed by atoms with Crippen molar-refractivity contribution in [1.29, 1.82) is 0 Å². The molecule has 0 spiro atoms. The second kappa shape index (κ2) is 10.9. The molecule has 6 heteroatoms. The topological polar surface area (TPSA) is 56.7 Å². The van der Waals surface area contributed by atoms with E-state index >= 15 is 0 Å². The Kier molecular flexibility index (Phi) is 6.05. The first kappa shape index (κ1) is 28.2. The summed E-state index contributed by atoms with van der Waals surface area (Å²) in [6, 6.07) is 54.9. The third kappa shape index (κ3) is 4.30. The summed E-state index contributed by atoms with van der Waals surface area (Å²) in [6.45, 7) is 0. The Bertz CT molecular complexity index is 3030. The smallest absolute Gasteiger partial charge is 0.167 e. The number of furan rings is 1. The van der Waals surface area contributed by atoms with Crippen molar-refractivity contribution in [2.24, 2.45) is 0 Å². The van der Waals surface area contributed by atoms with Crippen LogP contribution in [0, 0.1) is 0 Å². The van der Waals surface area contributed by atoms with Gasteiger partial charge in [-0.3, -0.25) is 0 Å². The fourth-order valence-electron chi connectivity index (χ4n) is 7.55. The number of benzene rings is 7. The second-order valence-electron chi connectivity index (χ2n) is 12.8. The van der Waals surface area contributed by atoms with E-state index in [2.05, 4.69) is 95.6 Å². The molecule has 0 N–H and O–H groups in total. The van der Waals surface area contributed by atoms with Crippen LogP contribution in [0.25, 0.3) is 104 Å². The molecular formula is C45H26N4OS. The molecule has 0 amide bonds. The molecule has 0 aliphatic rings. The summed E-state index contributed by atoms with van der Waals surface area (Å²) in [6.07, 6.45) is 0. The van der Waals surface area contributed by atoms with Gasteiger partial charge in [-0.1, -0.05) is 115 Å². The van der Waals surface area contributed by atoms with Crippen LogP contribution in [0.1, 0.15) is 0 Å². The van der Waals surface area contributed by atoms with E-state index in [0.29, 0.717) is 17.5 Å². The maximum atomic E-state index is 6.71. The van der Waals surface area contributed by atoms with Gasteiger partial charge in [0.2, 0.25) is 0 Å². The van der Waals surface area contributed by atoms with Crippen molar-refractivity contribution in [2.45, 2.75) is 0 Å². The van der Waals surface area contributed by atoms with Gasteiger partial charge in [-0.15, -0.1) is 11.3 Å². The van der Waals surface area contributed by atoms with Crippen LogP contribution < -0.4 is 0 Å². The zero-order valence-corrected chi connectivity index (χ0v) is 27.9. The highest BCUT2D eigenvalue weighted by Gasteiger charge is 2.21.